The van der Waals surface area contributed by atoms with E-state index in [0.717, 1.165) is 10.2 Å². The van der Waals surface area contributed by atoms with Gasteiger partial charge in [0.25, 0.3) is 0 Å². The molecule has 0 aliphatic carbocycles. The van der Waals surface area contributed by atoms with Gasteiger partial charge in [-0.25, -0.2) is 4.68 Å². The Labute approximate surface area is 120 Å². The summed E-state index contributed by atoms with van der Waals surface area (Å²) in [7, 11) is 1.84. The quantitative estimate of drug-likeness (QED) is 0.860. The number of hydrogen-bond acceptors (Lipinski definition) is 3. The smallest absolute Gasteiger partial charge is 0.217 e. The molecule has 0 N–H and O–H groups in total. The highest BCUT2D eigenvalue weighted by Gasteiger charge is 2.12. The van der Waals surface area contributed by atoms with Crippen LogP contribution in [0, 0.1) is 11.3 Å². The Kier molecular flexibility index (Phi) is 3.91. The van der Waals surface area contributed by atoms with Crippen molar-refractivity contribution in [1.29, 1.82) is 5.26 Å². The van der Waals surface area contributed by atoms with E-state index in [9.17, 15) is 0 Å². The maximum Gasteiger partial charge on any atom is 0.217 e. The van der Waals surface area contributed by atoms with Gasteiger partial charge in [0.1, 0.15) is 5.75 Å². The van der Waals surface area contributed by atoms with Crippen molar-refractivity contribution in [3.63, 3.8) is 0 Å². The molecule has 0 fully saturated rings. The first-order chi connectivity index (χ1) is 9.01. The molecule has 1 aromatic heterocycles. The molecule has 0 unspecified atom stereocenters. The summed E-state index contributed by atoms with van der Waals surface area (Å²) in [4.78, 5) is 0. The van der Waals surface area contributed by atoms with Crippen molar-refractivity contribution < 1.29 is 4.74 Å². The SMILES string of the molecule is CC(C)c1cc(Oc2cc(C#N)ccc2Br)n(C)n1. The summed E-state index contributed by atoms with van der Waals surface area (Å²) in [5.74, 6) is 1.61. The maximum absolute atomic E-state index is 8.91. The van der Waals surface area contributed by atoms with E-state index in [-0.39, 0.29) is 0 Å². The van der Waals surface area contributed by atoms with Gasteiger partial charge in [0.2, 0.25) is 5.88 Å². The van der Waals surface area contributed by atoms with Crippen LogP contribution in [0.3, 0.4) is 0 Å². The van der Waals surface area contributed by atoms with Gasteiger partial charge in [-0.15, -0.1) is 0 Å². The lowest BCUT2D eigenvalue weighted by atomic mass is 10.1. The fourth-order valence-corrected chi connectivity index (χ4v) is 1.94. The Morgan fingerprint density at radius 1 is 1.37 bits per heavy atom. The lowest BCUT2D eigenvalue weighted by Gasteiger charge is -2.07. The van der Waals surface area contributed by atoms with E-state index in [4.69, 9.17) is 10.00 Å². The van der Waals surface area contributed by atoms with Gasteiger partial charge in [0.05, 0.1) is 21.8 Å². The fourth-order valence-electron chi connectivity index (χ4n) is 1.61. The molecule has 0 saturated carbocycles. The van der Waals surface area contributed by atoms with E-state index in [1.165, 1.54) is 0 Å². The number of aryl methyl sites for hydroxylation is 1. The first-order valence-corrected chi connectivity index (χ1v) is 6.72. The predicted molar refractivity (Wildman–Crippen MR) is 76.2 cm³/mol. The molecule has 0 bridgehead atoms. The Morgan fingerprint density at radius 3 is 2.68 bits per heavy atom. The Balaban J connectivity index is 2.33. The van der Waals surface area contributed by atoms with Crippen molar-refractivity contribution in [3.05, 3.63) is 40.0 Å². The Morgan fingerprint density at radius 2 is 2.11 bits per heavy atom. The predicted octanol–water partition coefficient (Wildman–Crippen LogP) is 3.97. The number of nitrogens with zero attached hydrogens (tertiary/aromatic N) is 3. The van der Waals surface area contributed by atoms with E-state index < -0.39 is 0 Å². The van der Waals surface area contributed by atoms with E-state index >= 15 is 0 Å². The topological polar surface area (TPSA) is 50.8 Å². The van der Waals surface area contributed by atoms with Crippen LogP contribution in [0.25, 0.3) is 0 Å². The number of benzene rings is 1. The van der Waals surface area contributed by atoms with E-state index in [1.807, 2.05) is 13.1 Å². The third-order valence-corrected chi connectivity index (χ3v) is 3.38. The summed E-state index contributed by atoms with van der Waals surface area (Å²) in [6.07, 6.45) is 0. The van der Waals surface area contributed by atoms with Crippen molar-refractivity contribution in [1.82, 2.24) is 9.78 Å². The minimum Gasteiger partial charge on any atom is -0.438 e. The van der Waals surface area contributed by atoms with Crippen molar-refractivity contribution in [2.75, 3.05) is 0 Å². The van der Waals surface area contributed by atoms with E-state index in [0.29, 0.717) is 23.1 Å². The zero-order valence-corrected chi connectivity index (χ0v) is 12.6. The zero-order chi connectivity index (χ0) is 14.0. The molecule has 0 aliphatic rings. The molecule has 1 heterocycles. The molecule has 2 rings (SSSR count). The average Bonchev–Trinajstić information content (AvgIpc) is 2.74. The van der Waals surface area contributed by atoms with Crippen LogP contribution in [-0.4, -0.2) is 9.78 Å². The van der Waals surface area contributed by atoms with Crippen LogP contribution < -0.4 is 4.74 Å². The summed E-state index contributed by atoms with van der Waals surface area (Å²) < 4.78 is 8.32. The van der Waals surface area contributed by atoms with Crippen LogP contribution in [0.15, 0.2) is 28.7 Å². The van der Waals surface area contributed by atoms with E-state index in [1.54, 1.807) is 22.9 Å². The van der Waals surface area contributed by atoms with Crippen LogP contribution in [0.2, 0.25) is 0 Å². The number of ether oxygens (including phenoxy) is 1. The van der Waals surface area contributed by atoms with Crippen molar-refractivity contribution in [2.24, 2.45) is 7.05 Å². The second kappa shape index (κ2) is 5.45. The van der Waals surface area contributed by atoms with Gasteiger partial charge in [0.15, 0.2) is 0 Å². The Bertz CT molecular complexity index is 641. The number of nitriles is 1. The molecular formula is C14H14BrN3O. The average molecular weight is 320 g/mol. The molecule has 19 heavy (non-hydrogen) atoms. The van der Waals surface area contributed by atoms with Gasteiger partial charge < -0.3 is 4.74 Å². The molecule has 0 amide bonds. The minimum atomic E-state index is 0.345. The van der Waals surface area contributed by atoms with Gasteiger partial charge in [-0.3, -0.25) is 0 Å². The standard InChI is InChI=1S/C14H14BrN3O/c1-9(2)12-7-14(18(3)17-12)19-13-6-10(8-16)4-5-11(13)15/h4-7,9H,1-3H3. The highest BCUT2D eigenvalue weighted by molar-refractivity contribution is 9.10. The highest BCUT2D eigenvalue weighted by Crippen LogP contribution is 2.31. The lowest BCUT2D eigenvalue weighted by molar-refractivity contribution is 0.428. The van der Waals surface area contributed by atoms with Gasteiger partial charge in [-0.1, -0.05) is 13.8 Å². The van der Waals surface area contributed by atoms with Crippen LogP contribution in [-0.2, 0) is 7.05 Å². The molecule has 1 aromatic carbocycles. The normalized spacial score (nSPS) is 10.5. The molecule has 4 nitrogen and oxygen atoms in total. The van der Waals surface area contributed by atoms with Gasteiger partial charge >= 0.3 is 0 Å². The summed E-state index contributed by atoms with van der Waals surface area (Å²) in [6.45, 7) is 4.16. The lowest BCUT2D eigenvalue weighted by Crippen LogP contribution is -1.96. The first kappa shape index (κ1) is 13.6. The summed E-state index contributed by atoms with van der Waals surface area (Å²) in [5, 5.41) is 13.3. The molecule has 0 saturated heterocycles. The number of halogens is 1. The first-order valence-electron chi connectivity index (χ1n) is 5.92. The molecule has 98 valence electrons. The molecule has 0 spiro atoms. The third kappa shape index (κ3) is 2.96. The third-order valence-electron chi connectivity index (χ3n) is 2.72. The molecule has 5 heteroatoms. The zero-order valence-electron chi connectivity index (χ0n) is 11.0. The van der Waals surface area contributed by atoms with Crippen LogP contribution in [0.5, 0.6) is 11.6 Å². The van der Waals surface area contributed by atoms with Gasteiger partial charge in [-0.05, 0) is 40.0 Å². The van der Waals surface area contributed by atoms with E-state index in [2.05, 4.69) is 40.9 Å². The summed E-state index contributed by atoms with van der Waals surface area (Å²) in [6, 6.07) is 9.24. The number of rotatable bonds is 3. The highest BCUT2D eigenvalue weighted by atomic mass is 79.9. The second-order valence-electron chi connectivity index (χ2n) is 4.54. The van der Waals surface area contributed by atoms with Crippen molar-refractivity contribution in [3.8, 4) is 17.7 Å². The maximum atomic E-state index is 8.91. The van der Waals surface area contributed by atoms with Gasteiger partial charge in [-0.2, -0.15) is 10.4 Å². The van der Waals surface area contributed by atoms with Gasteiger partial charge in [0, 0.05) is 13.1 Å². The van der Waals surface area contributed by atoms with Crippen molar-refractivity contribution >= 4 is 15.9 Å². The number of aromatic nitrogens is 2. The fraction of sp³-hybridized carbons (Fsp3) is 0.286. The molecule has 0 atom stereocenters. The Hall–Kier alpha value is -1.80. The summed E-state index contributed by atoms with van der Waals surface area (Å²) >= 11 is 3.41. The second-order valence-corrected chi connectivity index (χ2v) is 5.40. The van der Waals surface area contributed by atoms with Crippen LogP contribution in [0.4, 0.5) is 0 Å². The monoisotopic (exact) mass is 319 g/mol. The molecule has 0 aliphatic heterocycles. The largest absolute Gasteiger partial charge is 0.438 e. The van der Waals surface area contributed by atoms with Crippen LogP contribution >= 0.6 is 15.9 Å². The molecular weight excluding hydrogens is 306 g/mol. The number of hydrogen-bond donors (Lipinski definition) is 0. The molecule has 0 radical (unpaired) electrons. The van der Waals surface area contributed by atoms with Crippen molar-refractivity contribution in [2.45, 2.75) is 19.8 Å². The summed E-state index contributed by atoms with van der Waals surface area (Å²) in [5.41, 5.74) is 1.54. The molecule has 2 aromatic rings. The van der Waals surface area contributed by atoms with Crippen LogP contribution in [0.1, 0.15) is 31.0 Å². The minimum absolute atomic E-state index is 0.345.